The van der Waals surface area contributed by atoms with Crippen LogP contribution >= 0.6 is 11.8 Å². The molecule has 0 radical (unpaired) electrons. The average molecular weight is 464 g/mol. The summed E-state index contributed by atoms with van der Waals surface area (Å²) in [4.78, 5) is 5.09. The minimum absolute atomic E-state index is 0.261. The molecule has 0 aliphatic carbocycles. The molecule has 8 rings (SSSR count). The number of fused-ring (bicyclic) bond motifs is 7. The maximum Gasteiger partial charge on any atom is 0.249 e. The van der Waals surface area contributed by atoms with Crippen molar-refractivity contribution in [2.45, 2.75) is 9.79 Å². The first kappa shape index (κ1) is 19.4. The van der Waals surface area contributed by atoms with Crippen LogP contribution in [0.1, 0.15) is 0 Å². The number of hydrogen-bond acceptors (Lipinski definition) is 2. The van der Waals surface area contributed by atoms with Gasteiger partial charge >= 0.3 is 0 Å². The van der Waals surface area contributed by atoms with Gasteiger partial charge in [0.1, 0.15) is 0 Å². The van der Waals surface area contributed by atoms with Gasteiger partial charge in [0.25, 0.3) is 0 Å². The van der Waals surface area contributed by atoms with Gasteiger partial charge in [-0.25, -0.2) is 0 Å². The summed E-state index contributed by atoms with van der Waals surface area (Å²) in [6.07, 6.45) is 0. The summed E-state index contributed by atoms with van der Waals surface area (Å²) in [5, 5.41) is 2.59. The summed E-state index contributed by atoms with van der Waals surface area (Å²) in [5.41, 5.74) is 10.5. The van der Waals surface area contributed by atoms with Crippen LogP contribution < -0.4 is 21.3 Å². The fraction of sp³-hybridized carbons (Fsp3) is 0.0323. The Bertz CT molecular complexity index is 1770. The fourth-order valence-electron chi connectivity index (χ4n) is 6.16. The second kappa shape index (κ2) is 7.06. The average Bonchev–Trinajstić information content (AvgIpc) is 3.25. The van der Waals surface area contributed by atoms with Gasteiger partial charge in [-0.05, 0) is 47.3 Å². The molecule has 5 aromatic carbocycles. The zero-order chi connectivity index (χ0) is 23.1. The van der Waals surface area contributed by atoms with Crippen LogP contribution in [0.25, 0.3) is 27.5 Å². The number of nitrogens with zero attached hydrogens (tertiary/aromatic N) is 2. The van der Waals surface area contributed by atoms with Gasteiger partial charge in [-0.2, -0.15) is 0 Å². The third kappa shape index (κ3) is 2.58. The standard InChI is InChI=1S/C31H21BN2S/c1-33-27-16-8-4-12-23(27)32-24-13-5-9-17-29(24)35-30-19-20(18-28(33)31(30)32)34-25-14-6-2-10-21(25)22-11-3-7-15-26(22)34/h2-19H,1H3. The normalized spacial score (nSPS) is 13.6. The summed E-state index contributed by atoms with van der Waals surface area (Å²) in [6, 6.07) is 40.1. The van der Waals surface area contributed by atoms with Crippen molar-refractivity contribution in [3.8, 4) is 5.69 Å². The lowest BCUT2D eigenvalue weighted by molar-refractivity contribution is 1.14. The first-order valence-corrected chi connectivity index (χ1v) is 12.9. The lowest BCUT2D eigenvalue weighted by Gasteiger charge is -2.38. The van der Waals surface area contributed by atoms with Gasteiger partial charge in [0, 0.05) is 44.7 Å². The van der Waals surface area contributed by atoms with Crippen molar-refractivity contribution in [2.75, 3.05) is 11.9 Å². The zero-order valence-corrected chi connectivity index (χ0v) is 20.1. The Labute approximate surface area is 208 Å². The Hall–Kier alpha value is -3.89. The van der Waals surface area contributed by atoms with Gasteiger partial charge in [-0.3, -0.25) is 0 Å². The molecule has 0 N–H and O–H groups in total. The summed E-state index contributed by atoms with van der Waals surface area (Å²) in [5.74, 6) is 0. The quantitative estimate of drug-likeness (QED) is 0.282. The van der Waals surface area contributed by atoms with Crippen LogP contribution in [0.4, 0.5) is 11.4 Å². The van der Waals surface area contributed by atoms with E-state index in [1.165, 1.54) is 65.0 Å². The van der Waals surface area contributed by atoms with Crippen LogP contribution in [0.5, 0.6) is 0 Å². The van der Waals surface area contributed by atoms with Crippen molar-refractivity contribution < 1.29 is 0 Å². The topological polar surface area (TPSA) is 8.17 Å². The first-order valence-electron chi connectivity index (χ1n) is 12.1. The van der Waals surface area contributed by atoms with Crippen LogP contribution in [-0.4, -0.2) is 18.3 Å². The van der Waals surface area contributed by atoms with E-state index < -0.39 is 0 Å². The molecule has 0 atom stereocenters. The number of benzene rings is 5. The number of aromatic nitrogens is 1. The van der Waals surface area contributed by atoms with E-state index in [4.69, 9.17) is 0 Å². The molecular weight excluding hydrogens is 443 g/mol. The number of anilines is 2. The largest absolute Gasteiger partial charge is 0.345 e. The van der Waals surface area contributed by atoms with Crippen molar-refractivity contribution in [3.63, 3.8) is 0 Å². The number of para-hydroxylation sites is 3. The van der Waals surface area contributed by atoms with Gasteiger partial charge in [-0.15, -0.1) is 0 Å². The smallest absolute Gasteiger partial charge is 0.249 e. The molecule has 35 heavy (non-hydrogen) atoms. The van der Waals surface area contributed by atoms with E-state index in [2.05, 4.69) is 126 Å². The minimum atomic E-state index is 0.261. The predicted molar refractivity (Wildman–Crippen MR) is 151 cm³/mol. The highest BCUT2D eigenvalue weighted by atomic mass is 32.2. The fourth-order valence-corrected chi connectivity index (χ4v) is 7.35. The first-order chi connectivity index (χ1) is 17.3. The van der Waals surface area contributed by atoms with Crippen LogP contribution in [0.15, 0.2) is 119 Å². The molecule has 0 saturated carbocycles. The van der Waals surface area contributed by atoms with Gasteiger partial charge in [0.2, 0.25) is 6.71 Å². The number of hydrogen-bond donors (Lipinski definition) is 0. The minimum Gasteiger partial charge on any atom is -0.345 e. The maximum absolute atomic E-state index is 2.44. The molecule has 0 spiro atoms. The summed E-state index contributed by atoms with van der Waals surface area (Å²) >= 11 is 1.91. The van der Waals surface area contributed by atoms with E-state index in [-0.39, 0.29) is 6.71 Å². The van der Waals surface area contributed by atoms with Gasteiger partial charge in [-0.1, -0.05) is 90.0 Å². The van der Waals surface area contributed by atoms with E-state index in [9.17, 15) is 0 Å². The molecule has 4 heteroatoms. The Morgan fingerprint density at radius 3 is 2.00 bits per heavy atom. The molecular formula is C31H21BN2S. The molecule has 0 fully saturated rings. The Balaban J connectivity index is 1.47. The van der Waals surface area contributed by atoms with E-state index >= 15 is 0 Å². The van der Waals surface area contributed by atoms with Gasteiger partial charge in [0.15, 0.2) is 0 Å². The molecule has 2 aliphatic rings. The van der Waals surface area contributed by atoms with Crippen LogP contribution in [0.3, 0.4) is 0 Å². The second-order valence-electron chi connectivity index (χ2n) is 9.44. The molecule has 3 heterocycles. The summed E-state index contributed by atoms with van der Waals surface area (Å²) in [6.45, 7) is 0.261. The monoisotopic (exact) mass is 464 g/mol. The molecule has 6 aromatic rings. The van der Waals surface area contributed by atoms with Gasteiger partial charge < -0.3 is 9.47 Å². The molecule has 0 bridgehead atoms. The second-order valence-corrected chi connectivity index (χ2v) is 10.5. The van der Waals surface area contributed by atoms with Crippen molar-refractivity contribution in [3.05, 3.63) is 109 Å². The van der Waals surface area contributed by atoms with Crippen molar-refractivity contribution in [1.29, 1.82) is 0 Å². The van der Waals surface area contributed by atoms with Crippen LogP contribution in [0, 0.1) is 0 Å². The predicted octanol–water partition coefficient (Wildman–Crippen LogP) is 5.85. The van der Waals surface area contributed by atoms with E-state index in [1.807, 2.05) is 11.8 Å². The molecule has 2 aliphatic heterocycles. The van der Waals surface area contributed by atoms with E-state index in [1.54, 1.807) is 0 Å². The highest BCUT2D eigenvalue weighted by molar-refractivity contribution is 8.00. The van der Waals surface area contributed by atoms with Crippen molar-refractivity contribution >= 4 is 68.0 Å². The third-order valence-electron chi connectivity index (χ3n) is 7.65. The number of rotatable bonds is 1. The Morgan fingerprint density at radius 1 is 0.600 bits per heavy atom. The molecule has 0 amide bonds. The lowest BCUT2D eigenvalue weighted by atomic mass is 9.35. The lowest BCUT2D eigenvalue weighted by Crippen LogP contribution is -2.59. The van der Waals surface area contributed by atoms with Crippen LogP contribution in [0.2, 0.25) is 0 Å². The highest BCUT2D eigenvalue weighted by Crippen LogP contribution is 2.40. The van der Waals surface area contributed by atoms with Crippen molar-refractivity contribution in [2.24, 2.45) is 0 Å². The summed E-state index contributed by atoms with van der Waals surface area (Å²) in [7, 11) is 2.21. The molecule has 1 aromatic heterocycles. The Kier molecular flexibility index (Phi) is 3.92. The molecule has 164 valence electrons. The van der Waals surface area contributed by atoms with E-state index in [0.29, 0.717) is 0 Å². The molecule has 0 unspecified atom stereocenters. The van der Waals surface area contributed by atoms with Crippen LogP contribution in [-0.2, 0) is 0 Å². The van der Waals surface area contributed by atoms with Gasteiger partial charge in [0.05, 0.1) is 11.0 Å². The zero-order valence-electron chi connectivity index (χ0n) is 19.3. The molecule has 2 nitrogen and oxygen atoms in total. The van der Waals surface area contributed by atoms with Crippen molar-refractivity contribution in [1.82, 2.24) is 4.57 Å². The SMILES string of the molecule is CN1c2ccccc2B2c3ccccc3Sc3cc(-n4c5ccccc5c5ccccc54)cc1c32. The maximum atomic E-state index is 2.44. The Morgan fingerprint density at radius 2 is 1.23 bits per heavy atom. The molecule has 0 saturated heterocycles. The third-order valence-corrected chi connectivity index (χ3v) is 8.80. The summed E-state index contributed by atoms with van der Waals surface area (Å²) < 4.78 is 2.44. The highest BCUT2D eigenvalue weighted by Gasteiger charge is 2.39. The van der Waals surface area contributed by atoms with E-state index in [0.717, 1.165) is 0 Å².